The number of pyridine rings is 1. The Bertz CT molecular complexity index is 1240. The van der Waals surface area contributed by atoms with Crippen LogP contribution in [0.5, 0.6) is 5.75 Å². The van der Waals surface area contributed by atoms with E-state index in [0.717, 1.165) is 11.3 Å². The number of benzene rings is 3. The molecular formula is C30H31ClNO4P. The third kappa shape index (κ3) is 5.16. The van der Waals surface area contributed by atoms with Crippen LogP contribution in [0.1, 0.15) is 36.4 Å². The number of aliphatic hydroxyl groups is 2. The summed E-state index contributed by atoms with van der Waals surface area (Å²) in [7, 11) is -2.24. The van der Waals surface area contributed by atoms with Crippen molar-refractivity contribution in [1.29, 1.82) is 0 Å². The van der Waals surface area contributed by atoms with Crippen LogP contribution in [0.2, 0.25) is 0 Å². The molecule has 0 unspecified atom stereocenters. The van der Waals surface area contributed by atoms with E-state index < -0.39 is 13.0 Å². The number of ether oxygens (including phenoxy) is 2. The summed E-state index contributed by atoms with van der Waals surface area (Å²) in [6.45, 7) is 3.54. The molecule has 2 heterocycles. The molecule has 192 valence electrons. The van der Waals surface area contributed by atoms with Gasteiger partial charge in [0.25, 0.3) is 0 Å². The maximum atomic E-state index is 10.2. The Morgan fingerprint density at radius 2 is 1.24 bits per heavy atom. The SMILES string of the molecule is CC1(C)OCc2c(CO)c(CO)nc(C[P+](c3ccccc3)(c3ccccc3)c3ccccc3)c2O1.[Cl-]. The molecule has 0 saturated carbocycles. The number of hydrogen-bond donors (Lipinski definition) is 2. The lowest BCUT2D eigenvalue weighted by molar-refractivity contribution is -0.181. The van der Waals surface area contributed by atoms with Gasteiger partial charge in [0, 0.05) is 25.0 Å². The van der Waals surface area contributed by atoms with Gasteiger partial charge in [-0.05, 0) is 36.4 Å². The minimum absolute atomic E-state index is 0. The van der Waals surface area contributed by atoms with Crippen LogP contribution >= 0.6 is 7.26 Å². The zero-order valence-corrected chi connectivity index (χ0v) is 22.6. The van der Waals surface area contributed by atoms with Crippen LogP contribution in [0.3, 0.4) is 0 Å². The van der Waals surface area contributed by atoms with Crippen LogP contribution in [0.15, 0.2) is 91.0 Å². The average Bonchev–Trinajstić information content (AvgIpc) is 2.92. The lowest BCUT2D eigenvalue weighted by atomic mass is 10.0. The van der Waals surface area contributed by atoms with Crippen molar-refractivity contribution in [3.8, 4) is 5.75 Å². The normalized spacial score (nSPS) is 14.3. The monoisotopic (exact) mass is 535 g/mol. The minimum Gasteiger partial charge on any atom is -1.00 e. The van der Waals surface area contributed by atoms with E-state index in [1.807, 2.05) is 32.0 Å². The van der Waals surface area contributed by atoms with E-state index in [1.165, 1.54) is 15.9 Å². The van der Waals surface area contributed by atoms with Gasteiger partial charge in [-0.3, -0.25) is 0 Å². The quantitative estimate of drug-likeness (QED) is 0.348. The molecule has 5 rings (SSSR count). The first-order valence-electron chi connectivity index (χ1n) is 12.1. The second kappa shape index (κ2) is 11.3. The lowest BCUT2D eigenvalue weighted by Crippen LogP contribution is -3.00. The molecule has 0 radical (unpaired) electrons. The van der Waals surface area contributed by atoms with Crippen molar-refractivity contribution in [2.24, 2.45) is 0 Å². The number of nitrogens with zero attached hydrogens (tertiary/aromatic N) is 1. The topological polar surface area (TPSA) is 71.8 Å². The molecular weight excluding hydrogens is 505 g/mol. The first kappa shape index (κ1) is 27.3. The number of rotatable bonds is 7. The van der Waals surface area contributed by atoms with Crippen molar-refractivity contribution < 1.29 is 32.1 Å². The number of aromatic nitrogens is 1. The van der Waals surface area contributed by atoms with Crippen molar-refractivity contribution in [3.63, 3.8) is 0 Å². The van der Waals surface area contributed by atoms with Gasteiger partial charge < -0.3 is 32.1 Å². The highest BCUT2D eigenvalue weighted by Gasteiger charge is 2.47. The summed E-state index contributed by atoms with van der Waals surface area (Å²) < 4.78 is 12.3. The smallest absolute Gasteiger partial charge is 0.205 e. The van der Waals surface area contributed by atoms with Crippen molar-refractivity contribution in [3.05, 3.63) is 114 Å². The molecule has 37 heavy (non-hydrogen) atoms. The Morgan fingerprint density at radius 3 is 1.68 bits per heavy atom. The van der Waals surface area contributed by atoms with Crippen molar-refractivity contribution >= 4 is 23.2 Å². The van der Waals surface area contributed by atoms with Gasteiger partial charge in [-0.15, -0.1) is 0 Å². The van der Waals surface area contributed by atoms with Crippen LogP contribution in [0.4, 0.5) is 0 Å². The number of aliphatic hydroxyl groups excluding tert-OH is 2. The van der Waals surface area contributed by atoms with E-state index in [0.29, 0.717) is 23.2 Å². The Kier molecular flexibility index (Phi) is 8.33. The van der Waals surface area contributed by atoms with E-state index in [1.54, 1.807) is 0 Å². The van der Waals surface area contributed by atoms with Gasteiger partial charge >= 0.3 is 0 Å². The van der Waals surface area contributed by atoms with Gasteiger partial charge in [0.05, 0.1) is 25.5 Å². The molecule has 0 amide bonds. The van der Waals surface area contributed by atoms with Gasteiger partial charge in [-0.2, -0.15) is 0 Å². The lowest BCUT2D eigenvalue weighted by Gasteiger charge is -2.36. The molecule has 1 aromatic heterocycles. The maximum Gasteiger partial charge on any atom is 0.205 e. The van der Waals surface area contributed by atoms with Gasteiger partial charge in [0.15, 0.2) is 5.75 Å². The zero-order chi connectivity index (χ0) is 25.2. The fraction of sp³-hybridized carbons (Fsp3) is 0.233. The number of hydrogen-bond acceptors (Lipinski definition) is 5. The van der Waals surface area contributed by atoms with E-state index >= 15 is 0 Å². The maximum absolute atomic E-state index is 10.2. The van der Waals surface area contributed by atoms with E-state index in [9.17, 15) is 10.2 Å². The summed E-state index contributed by atoms with van der Waals surface area (Å²) in [5, 5.41) is 24.0. The van der Waals surface area contributed by atoms with Gasteiger partial charge in [0.1, 0.15) is 35.0 Å². The minimum atomic E-state index is -2.24. The highest BCUT2D eigenvalue weighted by atomic mass is 35.5. The van der Waals surface area contributed by atoms with Crippen LogP contribution < -0.4 is 33.1 Å². The van der Waals surface area contributed by atoms with E-state index in [-0.39, 0.29) is 32.2 Å². The fourth-order valence-electron chi connectivity index (χ4n) is 4.98. The predicted molar refractivity (Wildman–Crippen MR) is 144 cm³/mol. The second-order valence-corrected chi connectivity index (χ2v) is 12.9. The molecule has 5 nitrogen and oxygen atoms in total. The molecule has 0 saturated heterocycles. The summed E-state index contributed by atoms with van der Waals surface area (Å²) >= 11 is 0. The average molecular weight is 536 g/mol. The van der Waals surface area contributed by atoms with Crippen LogP contribution in [-0.4, -0.2) is 21.0 Å². The number of fused-ring (bicyclic) bond motifs is 1. The molecule has 0 atom stereocenters. The third-order valence-electron chi connectivity index (χ3n) is 6.72. The molecule has 1 aliphatic heterocycles. The molecule has 3 aromatic carbocycles. The van der Waals surface area contributed by atoms with Gasteiger partial charge in [-0.25, -0.2) is 4.98 Å². The zero-order valence-electron chi connectivity index (χ0n) is 21.0. The molecule has 7 heteroatoms. The Hall–Kier alpha value is -2.79. The summed E-state index contributed by atoms with van der Waals surface area (Å²) in [5.41, 5.74) is 2.57. The first-order valence-corrected chi connectivity index (χ1v) is 14.1. The van der Waals surface area contributed by atoms with Crippen molar-refractivity contribution in [2.75, 3.05) is 0 Å². The molecule has 0 spiro atoms. The predicted octanol–water partition coefficient (Wildman–Crippen LogP) is 1.21. The van der Waals surface area contributed by atoms with Gasteiger partial charge in [0.2, 0.25) is 5.79 Å². The van der Waals surface area contributed by atoms with Crippen LogP contribution in [0.25, 0.3) is 0 Å². The molecule has 0 bridgehead atoms. The second-order valence-electron chi connectivity index (χ2n) is 9.37. The molecule has 0 fully saturated rings. The Labute approximate surface area is 224 Å². The largest absolute Gasteiger partial charge is 1.00 e. The Balaban J connectivity index is 0.00000320. The van der Waals surface area contributed by atoms with E-state index in [4.69, 9.17) is 14.5 Å². The van der Waals surface area contributed by atoms with Crippen molar-refractivity contribution in [2.45, 2.75) is 45.6 Å². The fourth-order valence-corrected chi connectivity index (χ4v) is 9.13. The molecule has 1 aliphatic rings. The molecule has 4 aromatic rings. The molecule has 2 N–H and O–H groups in total. The third-order valence-corrected chi connectivity index (χ3v) is 11.0. The van der Waals surface area contributed by atoms with E-state index in [2.05, 4.69) is 72.8 Å². The summed E-state index contributed by atoms with van der Waals surface area (Å²) in [4.78, 5) is 4.94. The first-order chi connectivity index (χ1) is 17.5. The summed E-state index contributed by atoms with van der Waals surface area (Å²) in [5.74, 6) is -0.177. The summed E-state index contributed by atoms with van der Waals surface area (Å²) in [6, 6.07) is 31.8. The highest BCUT2D eigenvalue weighted by molar-refractivity contribution is 7.95. The Morgan fingerprint density at radius 1 is 0.757 bits per heavy atom. The van der Waals surface area contributed by atoms with Crippen LogP contribution in [0, 0.1) is 0 Å². The highest BCUT2D eigenvalue weighted by Crippen LogP contribution is 2.59. The summed E-state index contributed by atoms with van der Waals surface area (Å²) in [6.07, 6.45) is 0.599. The van der Waals surface area contributed by atoms with Crippen LogP contribution in [-0.2, 0) is 30.7 Å². The number of halogens is 1. The van der Waals surface area contributed by atoms with Gasteiger partial charge in [-0.1, -0.05) is 54.6 Å². The van der Waals surface area contributed by atoms with Crippen molar-refractivity contribution in [1.82, 2.24) is 4.98 Å². The molecule has 0 aliphatic carbocycles. The standard InChI is InChI=1S/C30H31NO4P.ClH/c1-30(2)34-20-26-25(18-32)27(19-33)31-28(29(26)35-30)21-36(22-12-6-3-7-13-22,23-14-8-4-9-15-23)24-16-10-5-11-17-24;/h3-17,32-33H,18-21H2,1-2H3;1H/q+1;/p-1.